The van der Waals surface area contributed by atoms with Crippen LogP contribution in [-0.2, 0) is 22.5 Å². The molecular formula is C11H17NO5. The second-order valence-corrected chi connectivity index (χ2v) is 3.71. The molecule has 0 spiro atoms. The lowest BCUT2D eigenvalue weighted by Crippen LogP contribution is -2.06. The van der Waals surface area contributed by atoms with Gasteiger partial charge in [0.15, 0.2) is 5.89 Å². The second kappa shape index (κ2) is 6.36. The molecule has 6 heteroatoms. The van der Waals surface area contributed by atoms with Crippen molar-refractivity contribution in [3.8, 4) is 0 Å². The summed E-state index contributed by atoms with van der Waals surface area (Å²) in [4.78, 5) is 15.0. The van der Waals surface area contributed by atoms with E-state index in [2.05, 4.69) is 4.98 Å². The number of carbonyl (C=O) groups is 1. The van der Waals surface area contributed by atoms with Crippen LogP contribution in [0.3, 0.4) is 0 Å². The van der Waals surface area contributed by atoms with Crippen LogP contribution in [0.4, 0.5) is 0 Å². The van der Waals surface area contributed by atoms with E-state index in [1.165, 1.54) is 7.11 Å². The number of carboxylic acids is 1. The van der Waals surface area contributed by atoms with E-state index in [1.54, 1.807) is 7.11 Å². The highest BCUT2D eigenvalue weighted by molar-refractivity contribution is 5.85. The van der Waals surface area contributed by atoms with Crippen molar-refractivity contribution >= 4 is 5.97 Å². The topological polar surface area (TPSA) is 81.8 Å². The number of ether oxygens (including phenoxy) is 2. The highest BCUT2D eigenvalue weighted by Gasteiger charge is 2.19. The van der Waals surface area contributed by atoms with Crippen molar-refractivity contribution in [3.63, 3.8) is 0 Å². The smallest absolute Gasteiger partial charge is 0.373 e. The van der Waals surface area contributed by atoms with Crippen LogP contribution in [-0.4, -0.2) is 36.4 Å². The zero-order valence-electron chi connectivity index (χ0n) is 10.2. The highest BCUT2D eigenvalue weighted by Crippen LogP contribution is 2.14. The summed E-state index contributed by atoms with van der Waals surface area (Å²) in [7, 11) is 3.10. The summed E-state index contributed by atoms with van der Waals surface area (Å²) in [6.45, 7) is 2.06. The maximum atomic E-state index is 10.9. The van der Waals surface area contributed by atoms with Gasteiger partial charge in [-0.05, 0) is 13.3 Å². The molecule has 0 aromatic carbocycles. The standard InChI is InChI=1S/C11H17NO5/c1-7(16-3)4-5-9-12-8(6-15-2)10(17-9)11(13)14/h7H,4-6H2,1-3H3,(H,13,14). The minimum atomic E-state index is -1.13. The molecule has 1 aromatic rings. The molecule has 96 valence electrons. The van der Waals surface area contributed by atoms with E-state index in [0.717, 1.165) is 6.42 Å². The van der Waals surface area contributed by atoms with Gasteiger partial charge in [-0.25, -0.2) is 9.78 Å². The van der Waals surface area contributed by atoms with Crippen molar-refractivity contribution in [1.29, 1.82) is 0 Å². The summed E-state index contributed by atoms with van der Waals surface area (Å²) in [6.07, 6.45) is 1.35. The number of hydrogen-bond donors (Lipinski definition) is 1. The fraction of sp³-hybridized carbons (Fsp3) is 0.636. The first-order chi connectivity index (χ1) is 8.08. The largest absolute Gasteiger partial charge is 0.475 e. The van der Waals surface area contributed by atoms with Crippen LogP contribution >= 0.6 is 0 Å². The molecule has 6 nitrogen and oxygen atoms in total. The van der Waals surface area contributed by atoms with Crippen molar-refractivity contribution in [2.75, 3.05) is 14.2 Å². The van der Waals surface area contributed by atoms with Crippen LogP contribution < -0.4 is 0 Å². The van der Waals surface area contributed by atoms with Crippen LogP contribution in [0.1, 0.15) is 35.5 Å². The number of hydrogen-bond acceptors (Lipinski definition) is 5. The second-order valence-electron chi connectivity index (χ2n) is 3.71. The van der Waals surface area contributed by atoms with Gasteiger partial charge < -0.3 is 19.0 Å². The summed E-state index contributed by atoms with van der Waals surface area (Å²) in [5.41, 5.74) is 0.320. The lowest BCUT2D eigenvalue weighted by Gasteiger charge is -2.05. The number of carboxylic acid groups (broad SMARTS) is 1. The molecule has 0 bridgehead atoms. The van der Waals surface area contributed by atoms with Crippen molar-refractivity contribution in [1.82, 2.24) is 4.98 Å². The fourth-order valence-electron chi connectivity index (χ4n) is 1.35. The van der Waals surface area contributed by atoms with Gasteiger partial charge >= 0.3 is 5.97 Å². The predicted molar refractivity (Wildman–Crippen MR) is 59.0 cm³/mol. The number of rotatable bonds is 7. The Kier molecular flexibility index (Phi) is 5.11. The Balaban J connectivity index is 2.73. The third-order valence-electron chi connectivity index (χ3n) is 2.38. The van der Waals surface area contributed by atoms with E-state index in [-0.39, 0.29) is 18.5 Å². The van der Waals surface area contributed by atoms with Gasteiger partial charge in [0.2, 0.25) is 5.76 Å². The van der Waals surface area contributed by atoms with Gasteiger partial charge in [0.25, 0.3) is 0 Å². The number of aryl methyl sites for hydroxylation is 1. The molecule has 0 saturated carbocycles. The SMILES string of the molecule is COCc1nc(CCC(C)OC)oc1C(=O)O. The van der Waals surface area contributed by atoms with Gasteiger partial charge in [-0.2, -0.15) is 0 Å². The lowest BCUT2D eigenvalue weighted by molar-refractivity contribution is 0.0653. The van der Waals surface area contributed by atoms with Crippen molar-refractivity contribution in [2.45, 2.75) is 32.5 Å². The molecule has 0 aliphatic rings. The molecular weight excluding hydrogens is 226 g/mol. The maximum Gasteiger partial charge on any atom is 0.373 e. The molecule has 0 saturated heterocycles. The van der Waals surface area contributed by atoms with E-state index >= 15 is 0 Å². The molecule has 0 aliphatic heterocycles. The minimum Gasteiger partial charge on any atom is -0.475 e. The molecule has 1 N–H and O–H groups in total. The molecule has 1 unspecified atom stereocenters. The van der Waals surface area contributed by atoms with E-state index in [4.69, 9.17) is 19.0 Å². The summed E-state index contributed by atoms with van der Waals surface area (Å²) in [5, 5.41) is 8.92. The third-order valence-corrected chi connectivity index (χ3v) is 2.38. The maximum absolute atomic E-state index is 10.9. The Morgan fingerprint density at radius 2 is 2.24 bits per heavy atom. The van der Waals surface area contributed by atoms with Crippen LogP contribution in [0.5, 0.6) is 0 Å². The van der Waals surface area contributed by atoms with Crippen LogP contribution in [0, 0.1) is 0 Å². The van der Waals surface area contributed by atoms with Gasteiger partial charge in [0, 0.05) is 20.6 Å². The lowest BCUT2D eigenvalue weighted by atomic mass is 10.2. The van der Waals surface area contributed by atoms with Gasteiger partial charge in [0.05, 0.1) is 12.7 Å². The predicted octanol–water partition coefficient (Wildman–Crippen LogP) is 1.49. The molecule has 0 amide bonds. The van der Waals surface area contributed by atoms with Gasteiger partial charge in [-0.1, -0.05) is 0 Å². The van der Waals surface area contributed by atoms with E-state index in [1.807, 2.05) is 6.92 Å². The van der Waals surface area contributed by atoms with E-state index in [0.29, 0.717) is 18.0 Å². The first-order valence-corrected chi connectivity index (χ1v) is 5.32. The monoisotopic (exact) mass is 243 g/mol. The van der Waals surface area contributed by atoms with Gasteiger partial charge in [-0.3, -0.25) is 0 Å². The quantitative estimate of drug-likeness (QED) is 0.781. The number of oxazole rings is 1. The van der Waals surface area contributed by atoms with E-state index < -0.39 is 5.97 Å². The van der Waals surface area contributed by atoms with Crippen LogP contribution in [0.25, 0.3) is 0 Å². The van der Waals surface area contributed by atoms with Gasteiger partial charge in [-0.15, -0.1) is 0 Å². The van der Waals surface area contributed by atoms with Crippen molar-refractivity contribution in [2.24, 2.45) is 0 Å². The average molecular weight is 243 g/mol. The van der Waals surface area contributed by atoms with Crippen LogP contribution in [0.15, 0.2) is 4.42 Å². The number of methoxy groups -OCH3 is 2. The molecule has 1 atom stereocenters. The Morgan fingerprint density at radius 1 is 1.53 bits per heavy atom. The Hall–Kier alpha value is -1.40. The molecule has 1 aromatic heterocycles. The minimum absolute atomic E-state index is 0.0843. The summed E-state index contributed by atoms with van der Waals surface area (Å²) in [6, 6.07) is 0. The molecule has 1 rings (SSSR count). The summed E-state index contributed by atoms with van der Waals surface area (Å²) in [5.74, 6) is -0.874. The number of aromatic nitrogens is 1. The third kappa shape index (κ3) is 3.83. The number of nitrogens with zero attached hydrogens (tertiary/aromatic N) is 1. The van der Waals surface area contributed by atoms with E-state index in [9.17, 15) is 4.79 Å². The first kappa shape index (κ1) is 13.7. The Morgan fingerprint density at radius 3 is 2.76 bits per heavy atom. The highest BCUT2D eigenvalue weighted by atomic mass is 16.5. The molecule has 0 fully saturated rings. The molecule has 0 radical (unpaired) electrons. The molecule has 1 heterocycles. The van der Waals surface area contributed by atoms with Gasteiger partial charge in [0.1, 0.15) is 5.69 Å². The Bertz CT molecular complexity index is 374. The average Bonchev–Trinajstić information content (AvgIpc) is 2.70. The van der Waals surface area contributed by atoms with Crippen molar-refractivity contribution in [3.05, 3.63) is 17.3 Å². The molecule has 17 heavy (non-hydrogen) atoms. The fourth-order valence-corrected chi connectivity index (χ4v) is 1.35. The van der Waals surface area contributed by atoms with Crippen LogP contribution in [0.2, 0.25) is 0 Å². The summed E-state index contributed by atoms with van der Waals surface area (Å²) >= 11 is 0. The zero-order valence-corrected chi connectivity index (χ0v) is 10.2. The molecule has 0 aliphatic carbocycles. The zero-order chi connectivity index (χ0) is 12.8. The van der Waals surface area contributed by atoms with Crippen molar-refractivity contribution < 1.29 is 23.8 Å². The summed E-state index contributed by atoms with van der Waals surface area (Å²) < 4.78 is 15.1. The number of aromatic carboxylic acids is 1. The Labute approximate surface area is 99.5 Å². The first-order valence-electron chi connectivity index (χ1n) is 5.32. The normalized spacial score (nSPS) is 12.6.